The summed E-state index contributed by atoms with van der Waals surface area (Å²) in [7, 11) is -3.40. The van der Waals surface area contributed by atoms with Crippen molar-refractivity contribution in [2.45, 2.75) is 25.3 Å². The van der Waals surface area contributed by atoms with Gasteiger partial charge in [0.2, 0.25) is 10.0 Å². The summed E-state index contributed by atoms with van der Waals surface area (Å²) in [5.41, 5.74) is 2.27. The highest BCUT2D eigenvalue weighted by molar-refractivity contribution is 7.89. The molecule has 0 unspecified atom stereocenters. The summed E-state index contributed by atoms with van der Waals surface area (Å²) in [6.45, 7) is 7.92. The summed E-state index contributed by atoms with van der Waals surface area (Å²) < 4.78 is 32.6. The third-order valence-corrected chi connectivity index (χ3v) is 6.54. The van der Waals surface area contributed by atoms with Gasteiger partial charge in [0, 0.05) is 32.7 Å². The number of nitrogens with zero attached hydrogens (tertiary/aromatic N) is 2. The molecule has 5 nitrogen and oxygen atoms in total. The van der Waals surface area contributed by atoms with Crippen LogP contribution in [-0.4, -0.2) is 50.4 Å². The number of rotatable bonds is 6. The Morgan fingerprint density at radius 2 is 1.54 bits per heavy atom. The molecular weight excluding hydrogens is 348 g/mol. The lowest BCUT2D eigenvalue weighted by molar-refractivity contribution is 0.181. The van der Waals surface area contributed by atoms with Crippen LogP contribution in [0.4, 0.5) is 0 Å². The van der Waals surface area contributed by atoms with E-state index in [4.69, 9.17) is 4.74 Å². The number of sulfonamides is 1. The zero-order valence-electron chi connectivity index (χ0n) is 15.4. The molecule has 0 amide bonds. The standard InChI is InChI=1S/C20H26N2O3S/c1-3-25-19-8-6-18(7-9-19)16-21-12-14-22(15-13-21)26(23,24)20-10-4-17(2)5-11-20/h4-11H,3,12-16H2,1-2H3. The first-order chi connectivity index (χ1) is 12.5. The Morgan fingerprint density at radius 1 is 0.923 bits per heavy atom. The Kier molecular flexibility index (Phi) is 5.96. The number of ether oxygens (including phenoxy) is 1. The van der Waals surface area contributed by atoms with E-state index < -0.39 is 10.0 Å². The van der Waals surface area contributed by atoms with Crippen LogP contribution in [0.5, 0.6) is 5.75 Å². The van der Waals surface area contributed by atoms with Crippen LogP contribution in [0.15, 0.2) is 53.4 Å². The van der Waals surface area contributed by atoms with Gasteiger partial charge < -0.3 is 4.74 Å². The highest BCUT2D eigenvalue weighted by Gasteiger charge is 2.28. The normalized spacial score (nSPS) is 16.5. The maximum Gasteiger partial charge on any atom is 0.243 e. The van der Waals surface area contributed by atoms with Crippen LogP contribution >= 0.6 is 0 Å². The zero-order chi connectivity index (χ0) is 18.6. The molecule has 2 aromatic rings. The minimum absolute atomic E-state index is 0.378. The fraction of sp³-hybridized carbons (Fsp3) is 0.400. The number of benzene rings is 2. The molecular formula is C20H26N2O3S. The highest BCUT2D eigenvalue weighted by atomic mass is 32.2. The largest absolute Gasteiger partial charge is 0.494 e. The van der Waals surface area contributed by atoms with Crippen LogP contribution in [0.2, 0.25) is 0 Å². The Balaban J connectivity index is 1.57. The van der Waals surface area contributed by atoms with E-state index in [-0.39, 0.29) is 0 Å². The molecule has 0 spiro atoms. The molecule has 0 aromatic heterocycles. The zero-order valence-corrected chi connectivity index (χ0v) is 16.2. The van der Waals surface area contributed by atoms with E-state index in [0.29, 0.717) is 24.6 Å². The van der Waals surface area contributed by atoms with E-state index in [1.54, 1.807) is 16.4 Å². The van der Waals surface area contributed by atoms with Crippen LogP contribution in [0, 0.1) is 6.92 Å². The summed E-state index contributed by atoms with van der Waals surface area (Å²) in [5.74, 6) is 0.880. The molecule has 140 valence electrons. The average molecular weight is 375 g/mol. The van der Waals surface area contributed by atoms with E-state index in [1.807, 2.05) is 38.1 Å². The molecule has 26 heavy (non-hydrogen) atoms. The molecule has 1 fully saturated rings. The van der Waals surface area contributed by atoms with E-state index in [0.717, 1.165) is 30.9 Å². The van der Waals surface area contributed by atoms with Crippen molar-refractivity contribution in [3.05, 3.63) is 59.7 Å². The lowest BCUT2D eigenvalue weighted by Crippen LogP contribution is -2.48. The van der Waals surface area contributed by atoms with E-state index in [1.165, 1.54) is 5.56 Å². The molecule has 0 saturated carbocycles. The fourth-order valence-corrected chi connectivity index (χ4v) is 4.53. The summed E-state index contributed by atoms with van der Waals surface area (Å²) in [6.07, 6.45) is 0. The second-order valence-electron chi connectivity index (χ2n) is 6.57. The van der Waals surface area contributed by atoms with Gasteiger partial charge in [-0.25, -0.2) is 8.42 Å². The summed E-state index contributed by atoms with van der Waals surface area (Å²) >= 11 is 0. The predicted octanol–water partition coefficient (Wildman–Crippen LogP) is 2.90. The van der Waals surface area contributed by atoms with Crippen molar-refractivity contribution in [1.29, 1.82) is 0 Å². The SMILES string of the molecule is CCOc1ccc(CN2CCN(S(=O)(=O)c3ccc(C)cc3)CC2)cc1. The van der Waals surface area contributed by atoms with E-state index in [2.05, 4.69) is 17.0 Å². The molecule has 1 aliphatic heterocycles. The Morgan fingerprint density at radius 3 is 2.12 bits per heavy atom. The Bertz CT molecular complexity index is 809. The summed E-state index contributed by atoms with van der Waals surface area (Å²) in [6, 6.07) is 15.2. The van der Waals surface area contributed by atoms with Gasteiger partial charge in [-0.05, 0) is 43.7 Å². The average Bonchev–Trinajstić information content (AvgIpc) is 2.64. The van der Waals surface area contributed by atoms with Crippen molar-refractivity contribution in [3.63, 3.8) is 0 Å². The van der Waals surface area contributed by atoms with Gasteiger partial charge >= 0.3 is 0 Å². The van der Waals surface area contributed by atoms with Crippen LogP contribution in [0.25, 0.3) is 0 Å². The second kappa shape index (κ2) is 8.20. The van der Waals surface area contributed by atoms with Crippen molar-refractivity contribution >= 4 is 10.0 Å². The third-order valence-electron chi connectivity index (χ3n) is 4.63. The van der Waals surface area contributed by atoms with Gasteiger partial charge in [-0.3, -0.25) is 4.90 Å². The quantitative estimate of drug-likeness (QED) is 0.780. The molecule has 0 N–H and O–H groups in total. The smallest absolute Gasteiger partial charge is 0.243 e. The van der Waals surface area contributed by atoms with Gasteiger partial charge in [-0.15, -0.1) is 0 Å². The van der Waals surface area contributed by atoms with Crippen molar-refractivity contribution in [3.8, 4) is 5.75 Å². The Hall–Kier alpha value is -1.89. The van der Waals surface area contributed by atoms with Gasteiger partial charge in [0.05, 0.1) is 11.5 Å². The maximum absolute atomic E-state index is 12.8. The fourth-order valence-electron chi connectivity index (χ4n) is 3.10. The van der Waals surface area contributed by atoms with Crippen molar-refractivity contribution in [2.24, 2.45) is 0 Å². The van der Waals surface area contributed by atoms with Gasteiger partial charge in [-0.2, -0.15) is 4.31 Å². The monoisotopic (exact) mass is 374 g/mol. The minimum Gasteiger partial charge on any atom is -0.494 e. The van der Waals surface area contributed by atoms with Crippen molar-refractivity contribution in [2.75, 3.05) is 32.8 Å². The highest BCUT2D eigenvalue weighted by Crippen LogP contribution is 2.19. The molecule has 0 atom stereocenters. The molecule has 6 heteroatoms. The molecule has 0 aliphatic carbocycles. The van der Waals surface area contributed by atoms with Crippen molar-refractivity contribution in [1.82, 2.24) is 9.21 Å². The molecule has 0 radical (unpaired) electrons. The number of aryl methyl sites for hydroxylation is 1. The lowest BCUT2D eigenvalue weighted by Gasteiger charge is -2.34. The first kappa shape index (κ1) is 18.9. The van der Waals surface area contributed by atoms with Gasteiger partial charge in [0.15, 0.2) is 0 Å². The van der Waals surface area contributed by atoms with E-state index >= 15 is 0 Å². The molecule has 0 bridgehead atoms. The predicted molar refractivity (Wildman–Crippen MR) is 103 cm³/mol. The van der Waals surface area contributed by atoms with E-state index in [9.17, 15) is 8.42 Å². The maximum atomic E-state index is 12.8. The molecule has 1 aliphatic rings. The van der Waals surface area contributed by atoms with Gasteiger partial charge in [0.25, 0.3) is 0 Å². The second-order valence-corrected chi connectivity index (χ2v) is 8.51. The summed E-state index contributed by atoms with van der Waals surface area (Å²) in [5, 5.41) is 0. The Labute approximate surface area is 156 Å². The molecule has 1 heterocycles. The lowest BCUT2D eigenvalue weighted by atomic mass is 10.2. The summed E-state index contributed by atoms with van der Waals surface area (Å²) in [4.78, 5) is 2.67. The van der Waals surface area contributed by atoms with Gasteiger partial charge in [-0.1, -0.05) is 29.8 Å². The number of hydrogen-bond donors (Lipinski definition) is 0. The first-order valence-electron chi connectivity index (χ1n) is 9.00. The van der Waals surface area contributed by atoms with Crippen LogP contribution in [0.1, 0.15) is 18.1 Å². The van der Waals surface area contributed by atoms with Gasteiger partial charge in [0.1, 0.15) is 5.75 Å². The molecule has 3 rings (SSSR count). The topological polar surface area (TPSA) is 49.9 Å². The molecule has 1 saturated heterocycles. The minimum atomic E-state index is -3.40. The van der Waals surface area contributed by atoms with Crippen molar-refractivity contribution < 1.29 is 13.2 Å². The first-order valence-corrected chi connectivity index (χ1v) is 10.4. The van der Waals surface area contributed by atoms with Crippen LogP contribution in [-0.2, 0) is 16.6 Å². The third kappa shape index (κ3) is 4.44. The molecule has 2 aromatic carbocycles. The van der Waals surface area contributed by atoms with Crippen LogP contribution < -0.4 is 4.74 Å². The number of hydrogen-bond acceptors (Lipinski definition) is 4. The number of piperazine rings is 1. The van der Waals surface area contributed by atoms with Crippen LogP contribution in [0.3, 0.4) is 0 Å².